The van der Waals surface area contributed by atoms with Crippen molar-refractivity contribution in [2.45, 2.75) is 59.6 Å². The summed E-state index contributed by atoms with van der Waals surface area (Å²) in [4.78, 5) is 12.3. The maximum Gasteiger partial charge on any atom is 0.225 e. The summed E-state index contributed by atoms with van der Waals surface area (Å²) in [6, 6.07) is 6.24. The van der Waals surface area contributed by atoms with Gasteiger partial charge >= 0.3 is 0 Å². The summed E-state index contributed by atoms with van der Waals surface area (Å²) in [6.07, 6.45) is 1.93. The highest BCUT2D eigenvalue weighted by Gasteiger charge is 2.30. The number of nitrogens with one attached hydrogen (secondary N) is 2. The van der Waals surface area contributed by atoms with E-state index in [1.54, 1.807) is 0 Å². The van der Waals surface area contributed by atoms with Gasteiger partial charge in [-0.25, -0.2) is 0 Å². The molecule has 3 atom stereocenters. The van der Waals surface area contributed by atoms with Crippen LogP contribution in [-0.2, 0) is 9.53 Å². The summed E-state index contributed by atoms with van der Waals surface area (Å²) in [5.74, 6) is 1.15. The lowest BCUT2D eigenvalue weighted by Crippen LogP contribution is -2.37. The molecule has 24 heavy (non-hydrogen) atoms. The van der Waals surface area contributed by atoms with E-state index in [0.29, 0.717) is 24.4 Å². The fourth-order valence-corrected chi connectivity index (χ4v) is 3.47. The van der Waals surface area contributed by atoms with Crippen molar-refractivity contribution in [1.29, 1.82) is 0 Å². The molecule has 4 heteroatoms. The first-order valence-corrected chi connectivity index (χ1v) is 9.09. The van der Waals surface area contributed by atoms with Gasteiger partial charge in [0, 0.05) is 31.3 Å². The fraction of sp³-hybridized carbons (Fsp3) is 0.650. The molecule has 0 radical (unpaired) electrons. The van der Waals surface area contributed by atoms with E-state index in [1.807, 2.05) is 19.1 Å². The molecule has 0 saturated carbocycles. The second kappa shape index (κ2) is 8.63. The van der Waals surface area contributed by atoms with Gasteiger partial charge < -0.3 is 15.4 Å². The number of carbonyl (C=O) groups is 1. The Morgan fingerprint density at radius 2 is 2.04 bits per heavy atom. The van der Waals surface area contributed by atoms with Crippen molar-refractivity contribution in [3.05, 3.63) is 29.3 Å². The summed E-state index contributed by atoms with van der Waals surface area (Å²) in [7, 11) is 0. The van der Waals surface area contributed by atoms with E-state index in [4.69, 9.17) is 4.74 Å². The summed E-state index contributed by atoms with van der Waals surface area (Å²) in [5.41, 5.74) is 3.22. The van der Waals surface area contributed by atoms with Crippen molar-refractivity contribution in [2.75, 3.05) is 18.5 Å². The molecule has 4 nitrogen and oxygen atoms in total. The normalized spacial score (nSPS) is 21.9. The van der Waals surface area contributed by atoms with Crippen molar-refractivity contribution in [3.63, 3.8) is 0 Å². The Hall–Kier alpha value is -1.39. The molecular weight excluding hydrogens is 300 g/mol. The zero-order valence-electron chi connectivity index (χ0n) is 15.7. The van der Waals surface area contributed by atoms with Gasteiger partial charge in [-0.1, -0.05) is 31.5 Å². The largest absolute Gasteiger partial charge is 0.378 e. The molecule has 1 aliphatic rings. The van der Waals surface area contributed by atoms with Crippen LogP contribution in [-0.4, -0.2) is 31.2 Å². The number of carbonyl (C=O) groups excluding carboxylic acids is 1. The van der Waals surface area contributed by atoms with Gasteiger partial charge in [0.2, 0.25) is 5.91 Å². The van der Waals surface area contributed by atoms with Crippen molar-refractivity contribution in [1.82, 2.24) is 5.32 Å². The number of hydrogen-bond donors (Lipinski definition) is 2. The van der Waals surface area contributed by atoms with Crippen LogP contribution in [0.25, 0.3) is 0 Å². The van der Waals surface area contributed by atoms with Crippen LogP contribution in [0, 0.1) is 25.7 Å². The van der Waals surface area contributed by atoms with Crippen LogP contribution >= 0.6 is 0 Å². The Morgan fingerprint density at radius 3 is 2.71 bits per heavy atom. The smallest absolute Gasteiger partial charge is 0.225 e. The van der Waals surface area contributed by atoms with Crippen LogP contribution in [0.1, 0.15) is 44.7 Å². The molecule has 1 saturated heterocycles. The molecule has 2 rings (SSSR count). The van der Waals surface area contributed by atoms with E-state index >= 15 is 0 Å². The highest BCUT2D eigenvalue weighted by molar-refractivity contribution is 5.91. The third-order valence-corrected chi connectivity index (χ3v) is 4.80. The molecule has 0 aliphatic carbocycles. The third-order valence-electron chi connectivity index (χ3n) is 4.80. The maximum atomic E-state index is 12.3. The Labute approximate surface area is 146 Å². The predicted molar refractivity (Wildman–Crippen MR) is 99.3 cm³/mol. The van der Waals surface area contributed by atoms with Crippen LogP contribution in [0.5, 0.6) is 0 Å². The topological polar surface area (TPSA) is 50.4 Å². The van der Waals surface area contributed by atoms with Gasteiger partial charge in [0.1, 0.15) is 0 Å². The SMILES string of the molecule is Cc1ccc(NC(=O)CC(C)NCC2CCOC2C(C)C)c(C)c1. The van der Waals surface area contributed by atoms with Gasteiger partial charge in [-0.2, -0.15) is 0 Å². The first kappa shape index (κ1) is 18.9. The average molecular weight is 332 g/mol. The zero-order valence-corrected chi connectivity index (χ0v) is 15.7. The van der Waals surface area contributed by atoms with Crippen molar-refractivity contribution >= 4 is 11.6 Å². The monoisotopic (exact) mass is 332 g/mol. The highest BCUT2D eigenvalue weighted by atomic mass is 16.5. The lowest BCUT2D eigenvalue weighted by molar-refractivity contribution is -0.116. The van der Waals surface area contributed by atoms with E-state index in [0.717, 1.165) is 30.8 Å². The Morgan fingerprint density at radius 1 is 1.29 bits per heavy atom. The number of ether oxygens (including phenoxy) is 1. The molecule has 0 spiro atoms. The molecule has 3 unspecified atom stereocenters. The molecule has 1 aromatic rings. The standard InChI is InChI=1S/C20H32N2O2/c1-13(2)20-17(8-9-24-20)12-21-16(5)11-19(23)22-18-7-6-14(3)10-15(18)4/h6-7,10,13,16-17,20-21H,8-9,11-12H2,1-5H3,(H,22,23). The van der Waals surface area contributed by atoms with Gasteiger partial charge in [0.15, 0.2) is 0 Å². The lowest BCUT2D eigenvalue weighted by Gasteiger charge is -2.24. The minimum atomic E-state index is 0.0602. The number of benzene rings is 1. The number of rotatable bonds is 7. The maximum absolute atomic E-state index is 12.3. The van der Waals surface area contributed by atoms with Crippen LogP contribution in [0.4, 0.5) is 5.69 Å². The van der Waals surface area contributed by atoms with E-state index in [9.17, 15) is 4.79 Å². The Bertz CT molecular complexity index is 557. The molecule has 1 fully saturated rings. The van der Waals surface area contributed by atoms with Crippen molar-refractivity contribution in [3.8, 4) is 0 Å². The number of anilines is 1. The molecule has 1 aliphatic heterocycles. The summed E-state index contributed by atoms with van der Waals surface area (Å²) in [6.45, 7) is 12.4. The third kappa shape index (κ3) is 5.32. The predicted octanol–water partition coefficient (Wildman–Crippen LogP) is 3.67. The second-order valence-electron chi connectivity index (χ2n) is 7.51. The number of hydrogen-bond acceptors (Lipinski definition) is 3. The lowest BCUT2D eigenvalue weighted by atomic mass is 9.93. The minimum absolute atomic E-state index is 0.0602. The van der Waals surface area contributed by atoms with Gasteiger partial charge in [-0.05, 0) is 50.7 Å². The fourth-order valence-electron chi connectivity index (χ4n) is 3.47. The molecule has 0 aromatic heterocycles. The number of amides is 1. The van der Waals surface area contributed by atoms with Gasteiger partial charge in [-0.15, -0.1) is 0 Å². The van der Waals surface area contributed by atoms with E-state index in [1.165, 1.54) is 5.56 Å². The number of aryl methyl sites for hydroxylation is 2. The molecule has 1 aromatic carbocycles. The van der Waals surface area contributed by atoms with Gasteiger partial charge in [-0.3, -0.25) is 4.79 Å². The van der Waals surface area contributed by atoms with Crippen molar-refractivity contribution < 1.29 is 9.53 Å². The van der Waals surface area contributed by atoms with Crippen LogP contribution in [0.15, 0.2) is 18.2 Å². The zero-order chi connectivity index (χ0) is 17.7. The van der Waals surface area contributed by atoms with Gasteiger partial charge in [0.25, 0.3) is 0 Å². The first-order chi connectivity index (χ1) is 11.4. The summed E-state index contributed by atoms with van der Waals surface area (Å²) < 4.78 is 5.82. The van der Waals surface area contributed by atoms with Gasteiger partial charge in [0.05, 0.1) is 6.10 Å². The van der Waals surface area contributed by atoms with E-state index in [-0.39, 0.29) is 11.9 Å². The molecule has 2 N–H and O–H groups in total. The first-order valence-electron chi connectivity index (χ1n) is 9.09. The Kier molecular flexibility index (Phi) is 6.81. The van der Waals surface area contributed by atoms with Crippen LogP contribution < -0.4 is 10.6 Å². The van der Waals surface area contributed by atoms with E-state index in [2.05, 4.69) is 44.4 Å². The summed E-state index contributed by atoms with van der Waals surface area (Å²) in [5, 5.41) is 6.53. The highest BCUT2D eigenvalue weighted by Crippen LogP contribution is 2.26. The summed E-state index contributed by atoms with van der Waals surface area (Å²) >= 11 is 0. The van der Waals surface area contributed by atoms with Crippen LogP contribution in [0.2, 0.25) is 0 Å². The minimum Gasteiger partial charge on any atom is -0.378 e. The molecule has 134 valence electrons. The molecule has 1 heterocycles. The van der Waals surface area contributed by atoms with E-state index < -0.39 is 0 Å². The van der Waals surface area contributed by atoms with Crippen LogP contribution in [0.3, 0.4) is 0 Å². The molecule has 1 amide bonds. The molecular formula is C20H32N2O2. The second-order valence-corrected chi connectivity index (χ2v) is 7.51. The molecule has 0 bridgehead atoms. The quantitative estimate of drug-likeness (QED) is 0.801. The Balaban J connectivity index is 1.77. The van der Waals surface area contributed by atoms with Crippen molar-refractivity contribution in [2.24, 2.45) is 11.8 Å². The average Bonchev–Trinajstić information content (AvgIpc) is 2.97.